The number of nitrogens with zero attached hydrogens (tertiary/aromatic N) is 2. The number of carbonyl (C=O) groups excluding carboxylic acids is 2. The van der Waals surface area contributed by atoms with Gasteiger partial charge in [0.25, 0.3) is 11.8 Å². The molecular formula is C20H19N3O4. The van der Waals surface area contributed by atoms with Crippen molar-refractivity contribution in [2.75, 3.05) is 26.5 Å². The van der Waals surface area contributed by atoms with Gasteiger partial charge in [-0.3, -0.25) is 9.59 Å². The number of para-hydroxylation sites is 1. The molecule has 2 aromatic carbocycles. The van der Waals surface area contributed by atoms with Gasteiger partial charge in [0, 0.05) is 31.4 Å². The summed E-state index contributed by atoms with van der Waals surface area (Å²) >= 11 is 0. The number of anilines is 1. The van der Waals surface area contributed by atoms with Gasteiger partial charge in [0.1, 0.15) is 5.75 Å². The van der Waals surface area contributed by atoms with Gasteiger partial charge in [-0.25, -0.2) is 0 Å². The van der Waals surface area contributed by atoms with Gasteiger partial charge in [-0.15, -0.1) is 0 Å². The number of amides is 2. The number of nitrogens with one attached hydrogen (secondary N) is 1. The van der Waals surface area contributed by atoms with Crippen LogP contribution in [0.1, 0.15) is 20.8 Å². The molecule has 0 unspecified atom stereocenters. The number of hydrogen-bond acceptors (Lipinski definition) is 5. The predicted molar refractivity (Wildman–Crippen MR) is 101 cm³/mol. The van der Waals surface area contributed by atoms with E-state index >= 15 is 0 Å². The van der Waals surface area contributed by atoms with Crippen molar-refractivity contribution in [1.82, 2.24) is 10.1 Å². The first-order chi connectivity index (χ1) is 13.0. The van der Waals surface area contributed by atoms with E-state index in [4.69, 9.17) is 9.26 Å². The highest BCUT2D eigenvalue weighted by Crippen LogP contribution is 2.30. The minimum Gasteiger partial charge on any atom is -0.496 e. The molecule has 0 radical (unpaired) electrons. The van der Waals surface area contributed by atoms with E-state index in [2.05, 4.69) is 10.5 Å². The maximum Gasteiger partial charge on any atom is 0.277 e. The van der Waals surface area contributed by atoms with Crippen LogP contribution in [-0.2, 0) is 0 Å². The molecule has 0 saturated heterocycles. The smallest absolute Gasteiger partial charge is 0.277 e. The fourth-order valence-corrected chi connectivity index (χ4v) is 2.54. The summed E-state index contributed by atoms with van der Waals surface area (Å²) in [7, 11) is 4.90. The zero-order valence-electron chi connectivity index (χ0n) is 15.2. The second-order valence-electron chi connectivity index (χ2n) is 6.01. The van der Waals surface area contributed by atoms with E-state index in [1.807, 2.05) is 18.2 Å². The monoisotopic (exact) mass is 365 g/mol. The summed E-state index contributed by atoms with van der Waals surface area (Å²) in [5, 5.41) is 6.55. The summed E-state index contributed by atoms with van der Waals surface area (Å²) in [5.41, 5.74) is 1.80. The lowest BCUT2D eigenvalue weighted by atomic mass is 10.1. The summed E-state index contributed by atoms with van der Waals surface area (Å²) in [6.07, 6.45) is 0. The fraction of sp³-hybridized carbons (Fsp3) is 0.150. The SMILES string of the molecule is COc1ccccc1-c1cc(C(=O)Nc2cccc(C(=O)N(C)C)c2)no1. The van der Waals surface area contributed by atoms with Crippen molar-refractivity contribution < 1.29 is 18.8 Å². The Hall–Kier alpha value is -3.61. The second kappa shape index (κ2) is 7.74. The van der Waals surface area contributed by atoms with E-state index in [0.29, 0.717) is 28.3 Å². The minimum atomic E-state index is -0.436. The lowest BCUT2D eigenvalue weighted by molar-refractivity contribution is 0.0827. The van der Waals surface area contributed by atoms with Gasteiger partial charge in [0.2, 0.25) is 0 Å². The molecule has 0 aliphatic heterocycles. The van der Waals surface area contributed by atoms with Gasteiger partial charge in [0.05, 0.1) is 12.7 Å². The molecule has 0 fully saturated rings. The van der Waals surface area contributed by atoms with E-state index in [1.54, 1.807) is 57.6 Å². The Labute approximate surface area is 156 Å². The average molecular weight is 365 g/mol. The predicted octanol–water partition coefficient (Wildman–Crippen LogP) is 3.30. The van der Waals surface area contributed by atoms with Crippen LogP contribution >= 0.6 is 0 Å². The Morgan fingerprint density at radius 2 is 1.85 bits per heavy atom. The third-order valence-corrected chi connectivity index (χ3v) is 3.89. The van der Waals surface area contributed by atoms with Crippen molar-refractivity contribution in [1.29, 1.82) is 0 Å². The highest BCUT2D eigenvalue weighted by atomic mass is 16.5. The number of benzene rings is 2. The molecule has 7 nitrogen and oxygen atoms in total. The summed E-state index contributed by atoms with van der Waals surface area (Å²) < 4.78 is 10.6. The zero-order valence-corrected chi connectivity index (χ0v) is 15.2. The molecule has 1 heterocycles. The van der Waals surface area contributed by atoms with Gasteiger partial charge in [-0.1, -0.05) is 23.4 Å². The van der Waals surface area contributed by atoms with E-state index in [9.17, 15) is 9.59 Å². The van der Waals surface area contributed by atoms with Crippen LogP contribution in [0.2, 0.25) is 0 Å². The minimum absolute atomic E-state index is 0.125. The maximum absolute atomic E-state index is 12.5. The molecule has 3 rings (SSSR count). The number of aromatic nitrogens is 1. The summed E-state index contributed by atoms with van der Waals surface area (Å²) in [4.78, 5) is 26.0. The number of ether oxygens (including phenoxy) is 1. The summed E-state index contributed by atoms with van der Waals surface area (Å²) in [6.45, 7) is 0. The maximum atomic E-state index is 12.5. The van der Waals surface area contributed by atoms with Crippen molar-refractivity contribution in [2.24, 2.45) is 0 Å². The van der Waals surface area contributed by atoms with Crippen molar-refractivity contribution in [3.8, 4) is 17.1 Å². The van der Waals surface area contributed by atoms with Crippen molar-refractivity contribution in [3.05, 3.63) is 65.9 Å². The molecular weight excluding hydrogens is 346 g/mol. The first-order valence-electron chi connectivity index (χ1n) is 8.23. The van der Waals surface area contributed by atoms with E-state index in [0.717, 1.165) is 0 Å². The molecule has 7 heteroatoms. The van der Waals surface area contributed by atoms with Crippen LogP contribution < -0.4 is 10.1 Å². The molecule has 138 valence electrons. The summed E-state index contributed by atoms with van der Waals surface area (Å²) in [6, 6.07) is 15.5. The molecule has 0 aliphatic carbocycles. The van der Waals surface area contributed by atoms with Gasteiger partial charge < -0.3 is 19.5 Å². The first kappa shape index (κ1) is 18.2. The van der Waals surface area contributed by atoms with Gasteiger partial charge in [0.15, 0.2) is 11.5 Å². The third-order valence-electron chi connectivity index (χ3n) is 3.89. The van der Waals surface area contributed by atoms with E-state index < -0.39 is 5.91 Å². The Bertz CT molecular complexity index is 979. The number of rotatable bonds is 5. The van der Waals surface area contributed by atoms with Crippen LogP contribution in [0.15, 0.2) is 59.1 Å². The Balaban J connectivity index is 1.79. The van der Waals surface area contributed by atoms with Crippen LogP contribution in [0.3, 0.4) is 0 Å². The van der Waals surface area contributed by atoms with Crippen molar-refractivity contribution >= 4 is 17.5 Å². The highest BCUT2D eigenvalue weighted by Gasteiger charge is 2.17. The van der Waals surface area contributed by atoms with Crippen LogP contribution in [0, 0.1) is 0 Å². The second-order valence-corrected chi connectivity index (χ2v) is 6.01. The topological polar surface area (TPSA) is 84.7 Å². The molecule has 1 N–H and O–H groups in total. The fourth-order valence-electron chi connectivity index (χ4n) is 2.54. The van der Waals surface area contributed by atoms with Crippen molar-refractivity contribution in [2.45, 2.75) is 0 Å². The van der Waals surface area contributed by atoms with Crippen LogP contribution in [0.5, 0.6) is 5.75 Å². The van der Waals surface area contributed by atoms with Crippen LogP contribution in [0.4, 0.5) is 5.69 Å². The number of carbonyl (C=O) groups is 2. The first-order valence-corrected chi connectivity index (χ1v) is 8.23. The molecule has 0 aliphatic rings. The molecule has 27 heavy (non-hydrogen) atoms. The van der Waals surface area contributed by atoms with E-state index in [1.165, 1.54) is 4.90 Å². The molecule has 3 aromatic rings. The highest BCUT2D eigenvalue weighted by molar-refractivity contribution is 6.04. The zero-order chi connectivity index (χ0) is 19.4. The van der Waals surface area contributed by atoms with Crippen molar-refractivity contribution in [3.63, 3.8) is 0 Å². The lowest BCUT2D eigenvalue weighted by Gasteiger charge is -2.11. The van der Waals surface area contributed by atoms with E-state index in [-0.39, 0.29) is 11.6 Å². The molecule has 1 aromatic heterocycles. The van der Waals surface area contributed by atoms with Gasteiger partial charge >= 0.3 is 0 Å². The number of methoxy groups -OCH3 is 1. The van der Waals surface area contributed by atoms with Crippen LogP contribution in [0.25, 0.3) is 11.3 Å². The number of hydrogen-bond donors (Lipinski definition) is 1. The molecule has 0 atom stereocenters. The third kappa shape index (κ3) is 3.98. The Morgan fingerprint density at radius 3 is 2.59 bits per heavy atom. The average Bonchev–Trinajstić information content (AvgIpc) is 3.17. The standard InChI is InChI=1S/C20H19N3O4/c1-23(2)20(25)13-7-6-8-14(11-13)21-19(24)16-12-18(27-22-16)15-9-4-5-10-17(15)26-3/h4-12H,1-3H3,(H,21,24). The quantitative estimate of drug-likeness (QED) is 0.750. The molecule has 2 amide bonds. The van der Waals surface area contributed by atoms with Gasteiger partial charge in [-0.2, -0.15) is 0 Å². The normalized spacial score (nSPS) is 10.3. The largest absolute Gasteiger partial charge is 0.496 e. The Kier molecular flexibility index (Phi) is 5.21. The molecule has 0 saturated carbocycles. The van der Waals surface area contributed by atoms with Gasteiger partial charge in [-0.05, 0) is 30.3 Å². The van der Waals surface area contributed by atoms with Crippen LogP contribution in [-0.4, -0.2) is 43.1 Å². The summed E-state index contributed by atoms with van der Waals surface area (Å²) in [5.74, 6) is 0.463. The lowest BCUT2D eigenvalue weighted by Crippen LogP contribution is -2.22. The molecule has 0 bridgehead atoms. The Morgan fingerprint density at radius 1 is 1.07 bits per heavy atom. The molecule has 0 spiro atoms.